The molecule has 7 nitrogen and oxygen atoms in total. The van der Waals surface area contributed by atoms with Crippen LogP contribution in [0.4, 0.5) is 0 Å². The molecular formula is C17H17N3O4S. The molecule has 25 heavy (non-hydrogen) atoms. The molecule has 0 unspecified atom stereocenters. The number of carbonyl (C=O) groups is 3. The van der Waals surface area contributed by atoms with Gasteiger partial charge in [-0.25, -0.2) is 4.98 Å². The van der Waals surface area contributed by atoms with Crippen LogP contribution in [0.2, 0.25) is 0 Å². The molecule has 130 valence electrons. The molecule has 1 aromatic heterocycles. The van der Waals surface area contributed by atoms with Crippen LogP contribution in [0.5, 0.6) is 0 Å². The molecular weight excluding hydrogens is 342 g/mol. The Morgan fingerprint density at radius 1 is 1.40 bits per heavy atom. The number of fused-ring (bicyclic) bond motifs is 2. The molecule has 0 bridgehead atoms. The highest BCUT2D eigenvalue weighted by molar-refractivity contribution is 7.18. The molecule has 0 saturated carbocycles. The number of nitrogens with zero attached hydrogens (tertiary/aromatic N) is 2. The van der Waals surface area contributed by atoms with Crippen LogP contribution in [-0.2, 0) is 20.8 Å². The van der Waals surface area contributed by atoms with Crippen molar-refractivity contribution in [3.63, 3.8) is 0 Å². The van der Waals surface area contributed by atoms with Crippen molar-refractivity contribution >= 4 is 39.3 Å². The summed E-state index contributed by atoms with van der Waals surface area (Å²) in [4.78, 5) is 42.1. The zero-order chi connectivity index (χ0) is 17.6. The van der Waals surface area contributed by atoms with Gasteiger partial charge >= 0.3 is 5.97 Å². The highest BCUT2D eigenvalue weighted by Gasteiger charge is 2.60. The zero-order valence-electron chi connectivity index (χ0n) is 13.4. The van der Waals surface area contributed by atoms with E-state index in [2.05, 4.69) is 10.3 Å². The Morgan fingerprint density at radius 2 is 2.20 bits per heavy atom. The second-order valence-electron chi connectivity index (χ2n) is 6.58. The maximum absolute atomic E-state index is 12.5. The molecule has 2 atom stereocenters. The average Bonchev–Trinajstić information content (AvgIpc) is 3.26. The van der Waals surface area contributed by atoms with Crippen molar-refractivity contribution in [2.45, 2.75) is 12.8 Å². The second-order valence-corrected chi connectivity index (χ2v) is 7.70. The third kappa shape index (κ3) is 2.57. The van der Waals surface area contributed by atoms with Gasteiger partial charge in [-0.1, -0.05) is 12.1 Å². The Bertz CT molecular complexity index is 847. The summed E-state index contributed by atoms with van der Waals surface area (Å²) in [7, 11) is 0. The standard InChI is InChI=1S/C17H17N3O4S/c21-14(6-5-13-19-11-3-1-2-4-12(11)25-13)20-7-10-15(22)18-8-17(10,9-20)16(23)24/h1-4,10H,5-9H2,(H,18,22)(H,23,24)/t10-,17+/m0/s1. The number of aromatic nitrogens is 1. The molecule has 2 N–H and O–H groups in total. The number of amides is 2. The first-order chi connectivity index (χ1) is 12.0. The SMILES string of the molecule is O=C1NC[C@@]2(C(=O)O)CN(C(=O)CCc3nc4ccccc4s3)C[C@@H]12. The van der Waals surface area contributed by atoms with E-state index >= 15 is 0 Å². The fraction of sp³-hybridized carbons (Fsp3) is 0.412. The van der Waals surface area contributed by atoms with Crippen LogP contribution in [0.15, 0.2) is 24.3 Å². The van der Waals surface area contributed by atoms with Crippen LogP contribution < -0.4 is 5.32 Å². The number of para-hydroxylation sites is 1. The fourth-order valence-corrected chi connectivity index (χ4v) is 4.64. The highest BCUT2D eigenvalue weighted by Crippen LogP contribution is 2.40. The number of benzene rings is 1. The number of hydrogen-bond donors (Lipinski definition) is 2. The first-order valence-electron chi connectivity index (χ1n) is 8.13. The quantitative estimate of drug-likeness (QED) is 0.844. The minimum absolute atomic E-state index is 0.0877. The van der Waals surface area contributed by atoms with E-state index < -0.39 is 17.3 Å². The number of nitrogens with one attached hydrogen (secondary N) is 1. The number of thiazole rings is 1. The summed E-state index contributed by atoms with van der Waals surface area (Å²) in [5.41, 5.74) is -0.255. The molecule has 2 aromatic rings. The first-order valence-corrected chi connectivity index (χ1v) is 8.94. The molecule has 0 spiro atoms. The third-order valence-corrected chi connectivity index (χ3v) is 6.20. The predicted octanol–water partition coefficient (Wildman–Crippen LogP) is 0.888. The number of carboxylic acid groups (broad SMARTS) is 1. The summed E-state index contributed by atoms with van der Waals surface area (Å²) in [6.07, 6.45) is 0.787. The van der Waals surface area contributed by atoms with E-state index in [1.54, 1.807) is 11.3 Å². The number of likely N-dealkylation sites (tertiary alicyclic amines) is 1. The molecule has 2 aliphatic rings. The van der Waals surface area contributed by atoms with E-state index in [0.717, 1.165) is 15.2 Å². The molecule has 2 aliphatic heterocycles. The smallest absolute Gasteiger partial charge is 0.314 e. The summed E-state index contributed by atoms with van der Waals surface area (Å²) >= 11 is 1.56. The van der Waals surface area contributed by atoms with Crippen molar-refractivity contribution in [3.8, 4) is 0 Å². The molecule has 2 amide bonds. The van der Waals surface area contributed by atoms with E-state index in [1.807, 2.05) is 24.3 Å². The van der Waals surface area contributed by atoms with Gasteiger partial charge < -0.3 is 15.3 Å². The minimum Gasteiger partial charge on any atom is -0.481 e. The van der Waals surface area contributed by atoms with Crippen molar-refractivity contribution in [2.24, 2.45) is 11.3 Å². The number of hydrogen-bond acceptors (Lipinski definition) is 5. The van der Waals surface area contributed by atoms with Crippen LogP contribution in [0.1, 0.15) is 11.4 Å². The summed E-state index contributed by atoms with van der Waals surface area (Å²) < 4.78 is 1.09. The van der Waals surface area contributed by atoms with Gasteiger partial charge in [-0.2, -0.15) is 0 Å². The van der Waals surface area contributed by atoms with E-state index in [1.165, 1.54) is 4.90 Å². The van der Waals surface area contributed by atoms with Crippen LogP contribution in [0.25, 0.3) is 10.2 Å². The Kier molecular flexibility index (Phi) is 3.72. The number of carbonyl (C=O) groups excluding carboxylic acids is 2. The van der Waals surface area contributed by atoms with E-state index in [0.29, 0.717) is 6.42 Å². The summed E-state index contributed by atoms with van der Waals surface area (Å²) in [6, 6.07) is 7.81. The topological polar surface area (TPSA) is 99.6 Å². The maximum Gasteiger partial charge on any atom is 0.314 e. The van der Waals surface area contributed by atoms with Gasteiger partial charge in [-0.3, -0.25) is 14.4 Å². The van der Waals surface area contributed by atoms with Gasteiger partial charge in [-0.05, 0) is 12.1 Å². The van der Waals surface area contributed by atoms with Gasteiger partial charge in [-0.15, -0.1) is 11.3 Å². The molecule has 0 radical (unpaired) electrons. The van der Waals surface area contributed by atoms with Crippen molar-refractivity contribution in [2.75, 3.05) is 19.6 Å². The maximum atomic E-state index is 12.5. The van der Waals surface area contributed by atoms with Crippen molar-refractivity contribution in [3.05, 3.63) is 29.3 Å². The fourth-order valence-electron chi connectivity index (χ4n) is 3.67. The van der Waals surface area contributed by atoms with Crippen LogP contribution in [0.3, 0.4) is 0 Å². The minimum atomic E-state index is -1.18. The monoisotopic (exact) mass is 359 g/mol. The van der Waals surface area contributed by atoms with Gasteiger partial charge in [0.05, 0.1) is 21.1 Å². The average molecular weight is 359 g/mol. The van der Waals surface area contributed by atoms with Gasteiger partial charge in [0, 0.05) is 32.5 Å². The molecule has 1 aromatic carbocycles. The van der Waals surface area contributed by atoms with Crippen molar-refractivity contribution < 1.29 is 19.5 Å². The predicted molar refractivity (Wildman–Crippen MR) is 91.1 cm³/mol. The number of rotatable bonds is 4. The zero-order valence-corrected chi connectivity index (χ0v) is 14.2. The molecule has 0 aliphatic carbocycles. The Balaban J connectivity index is 1.43. The first kappa shape index (κ1) is 16.0. The molecule has 2 saturated heterocycles. The lowest BCUT2D eigenvalue weighted by atomic mass is 9.81. The highest BCUT2D eigenvalue weighted by atomic mass is 32.1. The van der Waals surface area contributed by atoms with E-state index in [4.69, 9.17) is 0 Å². The molecule has 8 heteroatoms. The van der Waals surface area contributed by atoms with Gasteiger partial charge in [0.15, 0.2) is 0 Å². The molecule has 2 fully saturated rings. The number of aliphatic carboxylic acids is 1. The van der Waals surface area contributed by atoms with Crippen molar-refractivity contribution in [1.29, 1.82) is 0 Å². The lowest BCUT2D eigenvalue weighted by molar-refractivity contribution is -0.150. The Labute approximate surface area is 147 Å². The Hall–Kier alpha value is -2.48. The third-order valence-electron chi connectivity index (χ3n) is 5.11. The van der Waals surface area contributed by atoms with Gasteiger partial charge in [0.2, 0.25) is 11.8 Å². The summed E-state index contributed by atoms with van der Waals surface area (Å²) in [5, 5.41) is 13.0. The van der Waals surface area contributed by atoms with Crippen LogP contribution >= 0.6 is 11.3 Å². The molecule has 4 rings (SSSR count). The lowest BCUT2D eigenvalue weighted by Crippen LogP contribution is -2.41. The second kappa shape index (κ2) is 5.80. The summed E-state index contributed by atoms with van der Waals surface area (Å²) in [5.74, 6) is -2.07. The van der Waals surface area contributed by atoms with Crippen LogP contribution in [-0.4, -0.2) is 52.4 Å². The van der Waals surface area contributed by atoms with E-state index in [9.17, 15) is 19.5 Å². The van der Waals surface area contributed by atoms with Gasteiger partial charge in [0.1, 0.15) is 5.41 Å². The van der Waals surface area contributed by atoms with Gasteiger partial charge in [0.25, 0.3) is 0 Å². The largest absolute Gasteiger partial charge is 0.481 e. The number of carboxylic acids is 1. The summed E-state index contributed by atoms with van der Waals surface area (Å²) in [6.45, 7) is 0.356. The van der Waals surface area contributed by atoms with Crippen LogP contribution in [0, 0.1) is 11.3 Å². The Morgan fingerprint density at radius 3 is 2.92 bits per heavy atom. The number of aryl methyl sites for hydroxylation is 1. The molecule has 3 heterocycles. The lowest BCUT2D eigenvalue weighted by Gasteiger charge is -2.21. The normalized spacial score (nSPS) is 25.2. The van der Waals surface area contributed by atoms with E-state index in [-0.39, 0.29) is 37.9 Å². The van der Waals surface area contributed by atoms with Crippen molar-refractivity contribution in [1.82, 2.24) is 15.2 Å².